The number of carbonyl (C=O) groups is 1. The second-order valence-electron chi connectivity index (χ2n) is 5.13. The Morgan fingerprint density at radius 2 is 1.88 bits per heavy atom. The lowest BCUT2D eigenvalue weighted by Crippen LogP contribution is -2.34. The zero-order chi connectivity index (χ0) is 18.7. The summed E-state index contributed by atoms with van der Waals surface area (Å²) in [7, 11) is 0. The molecule has 0 fully saturated rings. The SMILES string of the molecule is O=C(NNc1nccc2nc(C(F)(F)F)ccc12)Nc1cccc(F)c1. The first-order chi connectivity index (χ1) is 12.3. The highest BCUT2D eigenvalue weighted by Gasteiger charge is 2.32. The monoisotopic (exact) mass is 365 g/mol. The maximum atomic E-state index is 13.1. The summed E-state index contributed by atoms with van der Waals surface area (Å²) in [4.78, 5) is 19.3. The van der Waals surface area contributed by atoms with E-state index in [1.54, 1.807) is 0 Å². The topological polar surface area (TPSA) is 78.9 Å². The Bertz CT molecular complexity index is 961. The molecule has 0 aliphatic heterocycles. The Hall–Kier alpha value is -3.43. The number of hydrogen-bond donors (Lipinski definition) is 3. The Labute approximate surface area is 144 Å². The van der Waals surface area contributed by atoms with Crippen LogP contribution in [0.1, 0.15) is 5.69 Å². The predicted molar refractivity (Wildman–Crippen MR) is 86.7 cm³/mol. The van der Waals surface area contributed by atoms with Crippen LogP contribution in [0.2, 0.25) is 0 Å². The normalized spacial score (nSPS) is 11.2. The minimum atomic E-state index is -4.56. The van der Waals surface area contributed by atoms with Crippen LogP contribution in [0.15, 0.2) is 48.7 Å². The van der Waals surface area contributed by atoms with Gasteiger partial charge in [-0.2, -0.15) is 13.2 Å². The molecule has 0 aliphatic carbocycles. The molecule has 3 rings (SSSR count). The molecule has 2 aromatic heterocycles. The zero-order valence-corrected chi connectivity index (χ0v) is 12.9. The molecule has 0 saturated carbocycles. The summed E-state index contributed by atoms with van der Waals surface area (Å²) in [6.45, 7) is 0. The van der Waals surface area contributed by atoms with Gasteiger partial charge in [-0.1, -0.05) is 6.07 Å². The molecule has 6 nitrogen and oxygen atoms in total. The van der Waals surface area contributed by atoms with E-state index in [4.69, 9.17) is 0 Å². The number of anilines is 2. The number of alkyl halides is 3. The maximum absolute atomic E-state index is 13.1. The number of rotatable bonds is 3. The van der Waals surface area contributed by atoms with Crippen molar-refractivity contribution >= 4 is 28.4 Å². The average molecular weight is 365 g/mol. The number of fused-ring (bicyclic) bond motifs is 1. The number of nitrogens with one attached hydrogen (secondary N) is 3. The molecule has 3 N–H and O–H groups in total. The van der Waals surface area contributed by atoms with Crippen molar-refractivity contribution in [1.29, 1.82) is 0 Å². The van der Waals surface area contributed by atoms with E-state index in [1.165, 1.54) is 36.5 Å². The van der Waals surface area contributed by atoms with Crippen LogP contribution in [0.4, 0.5) is 33.9 Å². The summed E-state index contributed by atoms with van der Waals surface area (Å²) >= 11 is 0. The Morgan fingerprint density at radius 1 is 1.08 bits per heavy atom. The molecule has 3 aromatic rings. The third-order valence-corrected chi connectivity index (χ3v) is 3.28. The second-order valence-corrected chi connectivity index (χ2v) is 5.13. The van der Waals surface area contributed by atoms with Gasteiger partial charge in [0.25, 0.3) is 0 Å². The van der Waals surface area contributed by atoms with Gasteiger partial charge in [0.2, 0.25) is 0 Å². The molecule has 26 heavy (non-hydrogen) atoms. The third kappa shape index (κ3) is 3.97. The Balaban J connectivity index is 1.73. The number of benzene rings is 1. The van der Waals surface area contributed by atoms with E-state index >= 15 is 0 Å². The molecule has 0 unspecified atom stereocenters. The largest absolute Gasteiger partial charge is 0.433 e. The van der Waals surface area contributed by atoms with Gasteiger partial charge in [-0.05, 0) is 36.4 Å². The number of hydrogen-bond acceptors (Lipinski definition) is 4. The van der Waals surface area contributed by atoms with Crippen LogP contribution in [-0.4, -0.2) is 16.0 Å². The van der Waals surface area contributed by atoms with E-state index in [2.05, 4.69) is 26.1 Å². The molecule has 2 heterocycles. The first-order valence-corrected chi connectivity index (χ1v) is 7.24. The molecule has 1 aromatic carbocycles. The number of hydrazine groups is 1. The molecule has 10 heteroatoms. The molecule has 0 aliphatic rings. The van der Waals surface area contributed by atoms with Crippen LogP contribution < -0.4 is 16.2 Å². The lowest BCUT2D eigenvalue weighted by molar-refractivity contribution is -0.140. The zero-order valence-electron chi connectivity index (χ0n) is 12.9. The van der Waals surface area contributed by atoms with Gasteiger partial charge in [-0.15, -0.1) is 0 Å². The smallest absolute Gasteiger partial charge is 0.306 e. The van der Waals surface area contributed by atoms with Crippen LogP contribution in [0.5, 0.6) is 0 Å². The summed E-state index contributed by atoms with van der Waals surface area (Å²) < 4.78 is 51.2. The minimum absolute atomic E-state index is 0.0599. The fraction of sp³-hybridized carbons (Fsp3) is 0.0625. The highest BCUT2D eigenvalue weighted by Crippen LogP contribution is 2.30. The molecule has 0 spiro atoms. The molecule has 0 saturated heterocycles. The number of pyridine rings is 2. The van der Waals surface area contributed by atoms with Crippen LogP contribution in [0, 0.1) is 5.82 Å². The number of urea groups is 1. The number of halogens is 4. The molecule has 0 radical (unpaired) electrons. The lowest BCUT2D eigenvalue weighted by atomic mass is 10.2. The first kappa shape index (κ1) is 17.4. The molecule has 2 amide bonds. The van der Waals surface area contributed by atoms with Crippen molar-refractivity contribution in [1.82, 2.24) is 15.4 Å². The number of amides is 2. The van der Waals surface area contributed by atoms with Crippen molar-refractivity contribution in [3.05, 3.63) is 60.2 Å². The van der Waals surface area contributed by atoms with Crippen LogP contribution in [0.25, 0.3) is 10.9 Å². The average Bonchev–Trinajstić information content (AvgIpc) is 2.58. The van der Waals surface area contributed by atoms with Gasteiger partial charge in [-0.25, -0.2) is 19.2 Å². The third-order valence-electron chi connectivity index (χ3n) is 3.28. The molecule has 0 atom stereocenters. The standard InChI is InChI=1S/C16H11F4N5O/c17-9-2-1-3-10(8-9)22-15(26)25-24-14-11-4-5-13(16(18,19)20)23-12(11)6-7-21-14/h1-8H,(H,21,24)(H2,22,25,26). The van der Waals surface area contributed by atoms with Crippen molar-refractivity contribution in [2.45, 2.75) is 6.18 Å². The van der Waals surface area contributed by atoms with Gasteiger partial charge in [0.1, 0.15) is 11.5 Å². The van der Waals surface area contributed by atoms with Crippen molar-refractivity contribution < 1.29 is 22.4 Å². The summed E-state index contributed by atoms with van der Waals surface area (Å²) in [6, 6.07) is 7.89. The van der Waals surface area contributed by atoms with E-state index in [-0.39, 0.29) is 22.4 Å². The van der Waals surface area contributed by atoms with E-state index in [0.29, 0.717) is 0 Å². The van der Waals surface area contributed by atoms with E-state index in [9.17, 15) is 22.4 Å². The first-order valence-electron chi connectivity index (χ1n) is 7.24. The second kappa shape index (κ2) is 6.82. The Morgan fingerprint density at radius 3 is 2.62 bits per heavy atom. The highest BCUT2D eigenvalue weighted by atomic mass is 19.4. The molecule has 0 bridgehead atoms. The van der Waals surface area contributed by atoms with Crippen molar-refractivity contribution in [3.8, 4) is 0 Å². The van der Waals surface area contributed by atoms with E-state index < -0.39 is 23.7 Å². The van der Waals surface area contributed by atoms with E-state index in [1.807, 2.05) is 0 Å². The summed E-state index contributed by atoms with van der Waals surface area (Å²) in [5.74, 6) is -0.406. The van der Waals surface area contributed by atoms with Crippen LogP contribution >= 0.6 is 0 Å². The van der Waals surface area contributed by atoms with Gasteiger partial charge in [-0.3, -0.25) is 10.9 Å². The lowest BCUT2D eigenvalue weighted by Gasteiger charge is -2.12. The number of aromatic nitrogens is 2. The molecular formula is C16H11F4N5O. The predicted octanol–water partition coefficient (Wildman–Crippen LogP) is 3.94. The fourth-order valence-corrected chi connectivity index (χ4v) is 2.16. The quantitative estimate of drug-likeness (QED) is 0.485. The number of carbonyl (C=O) groups excluding carboxylic acids is 1. The van der Waals surface area contributed by atoms with Crippen LogP contribution in [0.3, 0.4) is 0 Å². The number of nitrogens with zero attached hydrogens (tertiary/aromatic N) is 2. The van der Waals surface area contributed by atoms with Gasteiger partial charge >= 0.3 is 12.2 Å². The van der Waals surface area contributed by atoms with Gasteiger partial charge in [0.05, 0.1) is 5.52 Å². The molecular weight excluding hydrogens is 354 g/mol. The van der Waals surface area contributed by atoms with Gasteiger partial charge in [0.15, 0.2) is 5.82 Å². The van der Waals surface area contributed by atoms with Crippen molar-refractivity contribution in [2.75, 3.05) is 10.7 Å². The fourth-order valence-electron chi connectivity index (χ4n) is 2.16. The van der Waals surface area contributed by atoms with Crippen molar-refractivity contribution in [2.24, 2.45) is 0 Å². The highest BCUT2D eigenvalue weighted by molar-refractivity contribution is 5.93. The summed E-state index contributed by atoms with van der Waals surface area (Å²) in [6.07, 6.45) is -3.31. The summed E-state index contributed by atoms with van der Waals surface area (Å²) in [5, 5.41) is 2.67. The van der Waals surface area contributed by atoms with Gasteiger partial charge < -0.3 is 5.32 Å². The summed E-state index contributed by atoms with van der Waals surface area (Å²) in [5.41, 5.74) is 4.02. The van der Waals surface area contributed by atoms with Crippen LogP contribution in [-0.2, 0) is 6.18 Å². The van der Waals surface area contributed by atoms with Gasteiger partial charge in [0, 0.05) is 17.3 Å². The van der Waals surface area contributed by atoms with Crippen molar-refractivity contribution in [3.63, 3.8) is 0 Å². The molecule has 134 valence electrons. The maximum Gasteiger partial charge on any atom is 0.433 e. The Kier molecular flexibility index (Phi) is 4.57. The van der Waals surface area contributed by atoms with E-state index in [0.717, 1.165) is 12.1 Å². The minimum Gasteiger partial charge on any atom is -0.306 e.